The summed E-state index contributed by atoms with van der Waals surface area (Å²) in [6.07, 6.45) is 0. The van der Waals surface area contributed by atoms with Gasteiger partial charge in [-0.05, 0) is 67.9 Å². The quantitative estimate of drug-likeness (QED) is 0.611. The standard InChI is InChI=1S/C25H26FN3O3S/c1-18-3-9-22(10-4-18)27-33(31,32)24-17-20(6-5-19(24)2)25(30)29-15-13-28(14-16-29)23-11-7-21(26)8-12-23/h3-12,17,27H,13-16H2,1-2H3. The van der Waals surface area contributed by atoms with Gasteiger partial charge in [0.05, 0.1) is 4.90 Å². The van der Waals surface area contributed by atoms with Gasteiger partial charge in [-0.25, -0.2) is 12.8 Å². The summed E-state index contributed by atoms with van der Waals surface area (Å²) in [6, 6.07) is 18.1. The number of aryl methyl sites for hydroxylation is 2. The van der Waals surface area contributed by atoms with Gasteiger partial charge in [-0.2, -0.15) is 0 Å². The van der Waals surface area contributed by atoms with Crippen LogP contribution in [0.3, 0.4) is 0 Å². The summed E-state index contributed by atoms with van der Waals surface area (Å²) in [5.41, 5.74) is 3.30. The van der Waals surface area contributed by atoms with Crippen LogP contribution < -0.4 is 9.62 Å². The molecule has 3 aromatic carbocycles. The van der Waals surface area contributed by atoms with Gasteiger partial charge in [0.1, 0.15) is 5.82 Å². The lowest BCUT2D eigenvalue weighted by Gasteiger charge is -2.36. The largest absolute Gasteiger partial charge is 0.368 e. The predicted molar refractivity (Wildman–Crippen MR) is 128 cm³/mol. The third-order valence-electron chi connectivity index (χ3n) is 5.79. The van der Waals surface area contributed by atoms with E-state index in [0.717, 1.165) is 11.3 Å². The molecule has 6 nitrogen and oxygen atoms in total. The van der Waals surface area contributed by atoms with Crippen molar-refractivity contribution in [2.24, 2.45) is 0 Å². The fraction of sp³-hybridized carbons (Fsp3) is 0.240. The molecule has 8 heteroatoms. The van der Waals surface area contributed by atoms with Gasteiger partial charge in [-0.1, -0.05) is 23.8 Å². The van der Waals surface area contributed by atoms with Gasteiger partial charge in [0.25, 0.3) is 15.9 Å². The minimum absolute atomic E-state index is 0.0823. The zero-order valence-electron chi connectivity index (χ0n) is 18.6. The summed E-state index contributed by atoms with van der Waals surface area (Å²) < 4.78 is 41.8. The Labute approximate surface area is 193 Å². The van der Waals surface area contributed by atoms with E-state index in [1.165, 1.54) is 18.2 Å². The third kappa shape index (κ3) is 5.17. The van der Waals surface area contributed by atoms with Gasteiger partial charge >= 0.3 is 0 Å². The minimum Gasteiger partial charge on any atom is -0.368 e. The zero-order chi connectivity index (χ0) is 23.6. The van der Waals surface area contributed by atoms with Crippen molar-refractivity contribution in [3.63, 3.8) is 0 Å². The highest BCUT2D eigenvalue weighted by Crippen LogP contribution is 2.23. The molecule has 0 saturated carbocycles. The highest BCUT2D eigenvalue weighted by molar-refractivity contribution is 7.92. The molecule has 0 atom stereocenters. The van der Waals surface area contributed by atoms with Crippen molar-refractivity contribution in [2.45, 2.75) is 18.7 Å². The van der Waals surface area contributed by atoms with Crippen molar-refractivity contribution in [3.8, 4) is 0 Å². The highest BCUT2D eigenvalue weighted by atomic mass is 32.2. The van der Waals surface area contributed by atoms with Crippen molar-refractivity contribution in [2.75, 3.05) is 35.8 Å². The maximum atomic E-state index is 13.2. The summed E-state index contributed by atoms with van der Waals surface area (Å²) in [5, 5.41) is 0. The number of anilines is 2. The molecule has 3 aromatic rings. The van der Waals surface area contributed by atoms with Crippen LogP contribution in [-0.4, -0.2) is 45.4 Å². The van der Waals surface area contributed by atoms with Gasteiger partial charge in [-0.15, -0.1) is 0 Å². The lowest BCUT2D eigenvalue weighted by atomic mass is 10.1. The molecule has 1 aliphatic heterocycles. The Hall–Kier alpha value is -3.39. The van der Waals surface area contributed by atoms with E-state index in [9.17, 15) is 17.6 Å². The molecule has 0 radical (unpaired) electrons. The summed E-state index contributed by atoms with van der Waals surface area (Å²) in [6.45, 7) is 5.85. The average molecular weight is 468 g/mol. The van der Waals surface area contributed by atoms with Crippen molar-refractivity contribution in [1.82, 2.24) is 4.90 Å². The van der Waals surface area contributed by atoms with Crippen molar-refractivity contribution < 1.29 is 17.6 Å². The highest BCUT2D eigenvalue weighted by Gasteiger charge is 2.25. The molecule has 4 rings (SSSR count). The van der Waals surface area contributed by atoms with Crippen LogP contribution in [0.25, 0.3) is 0 Å². The monoisotopic (exact) mass is 467 g/mol. The summed E-state index contributed by atoms with van der Waals surface area (Å²) in [5.74, 6) is -0.491. The maximum absolute atomic E-state index is 13.2. The first kappa shape index (κ1) is 22.8. The smallest absolute Gasteiger partial charge is 0.262 e. The Morgan fingerprint density at radius 1 is 0.879 bits per heavy atom. The number of sulfonamides is 1. The second-order valence-electron chi connectivity index (χ2n) is 8.21. The predicted octanol–water partition coefficient (Wildman–Crippen LogP) is 4.21. The zero-order valence-corrected chi connectivity index (χ0v) is 19.4. The van der Waals surface area contributed by atoms with E-state index in [-0.39, 0.29) is 16.6 Å². The number of rotatable bonds is 5. The van der Waals surface area contributed by atoms with Gasteiger partial charge < -0.3 is 9.80 Å². The van der Waals surface area contributed by atoms with E-state index in [1.54, 1.807) is 48.2 Å². The van der Waals surface area contributed by atoms with Crippen molar-refractivity contribution >= 4 is 27.3 Å². The Kier molecular flexibility index (Phi) is 6.37. The molecule has 0 unspecified atom stereocenters. The second-order valence-corrected chi connectivity index (χ2v) is 9.86. The average Bonchev–Trinajstić information content (AvgIpc) is 2.81. The number of nitrogens with zero attached hydrogens (tertiary/aromatic N) is 2. The molecule has 0 aromatic heterocycles. The van der Waals surface area contributed by atoms with Crippen LogP contribution in [-0.2, 0) is 10.0 Å². The first-order valence-corrected chi connectivity index (χ1v) is 12.2. The van der Waals surface area contributed by atoms with Crippen LogP contribution in [0.5, 0.6) is 0 Å². The molecule has 0 spiro atoms. The van der Waals surface area contributed by atoms with Gasteiger partial charge in [0.15, 0.2) is 0 Å². The van der Waals surface area contributed by atoms with Crippen molar-refractivity contribution in [1.29, 1.82) is 0 Å². The lowest BCUT2D eigenvalue weighted by Crippen LogP contribution is -2.48. The molecule has 0 bridgehead atoms. The Morgan fingerprint density at radius 2 is 1.52 bits per heavy atom. The summed E-state index contributed by atoms with van der Waals surface area (Å²) in [7, 11) is -3.85. The molecule has 1 fully saturated rings. The molecule has 1 N–H and O–H groups in total. The molecule has 0 aliphatic carbocycles. The third-order valence-corrected chi connectivity index (χ3v) is 7.31. The fourth-order valence-electron chi connectivity index (χ4n) is 3.86. The van der Waals surface area contributed by atoms with Gasteiger partial charge in [-0.3, -0.25) is 9.52 Å². The SMILES string of the molecule is Cc1ccc(NS(=O)(=O)c2cc(C(=O)N3CCN(c4ccc(F)cc4)CC3)ccc2C)cc1. The van der Waals surface area contributed by atoms with Crippen LogP contribution in [0.15, 0.2) is 71.6 Å². The van der Waals surface area contributed by atoms with Gasteiger partial charge in [0, 0.05) is 43.1 Å². The van der Waals surface area contributed by atoms with E-state index >= 15 is 0 Å². The van der Waals surface area contributed by atoms with E-state index in [4.69, 9.17) is 0 Å². The normalized spacial score (nSPS) is 14.3. The second kappa shape index (κ2) is 9.23. The number of amides is 1. The van der Waals surface area contributed by atoms with E-state index in [0.29, 0.717) is 43.0 Å². The molecule has 172 valence electrons. The maximum Gasteiger partial charge on any atom is 0.262 e. The fourth-order valence-corrected chi connectivity index (χ4v) is 5.19. The summed E-state index contributed by atoms with van der Waals surface area (Å²) in [4.78, 5) is 17.0. The Morgan fingerprint density at radius 3 is 2.15 bits per heavy atom. The molecule has 33 heavy (non-hydrogen) atoms. The molecule has 1 heterocycles. The number of nitrogens with one attached hydrogen (secondary N) is 1. The lowest BCUT2D eigenvalue weighted by molar-refractivity contribution is 0.0746. The number of hydrogen-bond donors (Lipinski definition) is 1. The van der Waals surface area contributed by atoms with Crippen molar-refractivity contribution in [3.05, 3.63) is 89.2 Å². The van der Waals surface area contributed by atoms with Crippen LogP contribution >= 0.6 is 0 Å². The molecule has 1 amide bonds. The van der Waals surface area contributed by atoms with E-state index in [2.05, 4.69) is 9.62 Å². The Bertz CT molecular complexity index is 1250. The first-order chi connectivity index (χ1) is 15.7. The van der Waals surface area contributed by atoms with E-state index in [1.807, 2.05) is 19.1 Å². The first-order valence-electron chi connectivity index (χ1n) is 10.7. The van der Waals surface area contributed by atoms with E-state index < -0.39 is 10.0 Å². The van der Waals surface area contributed by atoms with Crippen LogP contribution in [0, 0.1) is 19.7 Å². The molecular formula is C25H26FN3O3S. The Balaban J connectivity index is 1.48. The van der Waals surface area contributed by atoms with Crippen LogP contribution in [0.1, 0.15) is 21.5 Å². The number of piperazine rings is 1. The minimum atomic E-state index is -3.85. The summed E-state index contributed by atoms with van der Waals surface area (Å²) >= 11 is 0. The van der Waals surface area contributed by atoms with Crippen LogP contribution in [0.2, 0.25) is 0 Å². The molecule has 1 aliphatic rings. The molecular weight excluding hydrogens is 441 g/mol. The number of carbonyl (C=O) groups excluding carboxylic acids is 1. The number of hydrogen-bond acceptors (Lipinski definition) is 4. The number of carbonyl (C=O) groups is 1. The topological polar surface area (TPSA) is 69.7 Å². The van der Waals surface area contributed by atoms with Gasteiger partial charge in [0.2, 0.25) is 0 Å². The number of benzene rings is 3. The van der Waals surface area contributed by atoms with Crippen LogP contribution in [0.4, 0.5) is 15.8 Å². The molecule has 1 saturated heterocycles. The number of halogens is 1.